The second-order valence-electron chi connectivity index (χ2n) is 50.5. The Morgan fingerprint density at radius 1 is 0.224 bits per heavy atom. The SMILES string of the molecule is C=NC(C)(C)C.C=NC(C)(C)C(C)(C)C.C=NC(C)(C)C(C)(C)CC.C=NC(C)(C)C(C)C.C=NC(C)(C)C(C)CC.C=NC(C)(C)C(C)CCC.C=NC(C)(C)C(CC)CC.C=NC(C)(C)CC.C=NC(C)(C)CC(C)(C)C.C=NC(C)(C)CC(C)C.C=NC(C)(C)CC(C)C.C=NC(C)(C)CCC.C=NC(C)(C)CCC(C)C.C=NC(C)(C)CCCC.C=NC(C)(C)CCCCC. The molecule has 0 rings (SSSR count). The van der Waals surface area contributed by atoms with Gasteiger partial charge in [0, 0.05) is 0 Å². The molecule has 0 aliphatic rings. The minimum Gasteiger partial charge on any atom is -0.295 e. The van der Waals surface area contributed by atoms with Crippen LogP contribution in [-0.4, -0.2) is 184 Å². The van der Waals surface area contributed by atoms with Gasteiger partial charge in [-0.2, -0.15) is 0 Å². The van der Waals surface area contributed by atoms with E-state index >= 15 is 0 Å². The van der Waals surface area contributed by atoms with Gasteiger partial charge in [-0.25, -0.2) is 0 Å². The molecule has 0 bridgehead atoms. The zero-order valence-electron chi connectivity index (χ0n) is 103. The molecule has 0 aromatic carbocycles. The molecule has 804 valence electrons. The molecule has 0 saturated carbocycles. The van der Waals surface area contributed by atoms with E-state index in [1.165, 1.54) is 83.5 Å². The van der Waals surface area contributed by atoms with Gasteiger partial charge in [0.25, 0.3) is 0 Å². The summed E-state index contributed by atoms with van der Waals surface area (Å²) in [4.78, 5) is 60.2. The lowest BCUT2D eigenvalue weighted by molar-refractivity contribution is 0.198. The quantitative estimate of drug-likeness (QED) is 0.0416. The molecule has 0 radical (unpaired) electrons. The first kappa shape index (κ1) is 163. The minimum atomic E-state index is -0.00694. The second-order valence-corrected chi connectivity index (χ2v) is 50.5. The van der Waals surface area contributed by atoms with E-state index < -0.39 is 0 Å². The van der Waals surface area contributed by atoms with Crippen LogP contribution >= 0.6 is 0 Å². The Bertz CT molecular complexity index is 2880. The van der Waals surface area contributed by atoms with Crippen LogP contribution in [0.3, 0.4) is 0 Å². The van der Waals surface area contributed by atoms with Crippen molar-refractivity contribution in [3.8, 4) is 0 Å². The zero-order chi connectivity index (χ0) is 111. The van der Waals surface area contributed by atoms with Crippen molar-refractivity contribution in [2.45, 2.75) is 619 Å². The molecule has 0 fully saturated rings. The second kappa shape index (κ2) is 80.7. The molecule has 0 spiro atoms. The number of nitrogens with zero attached hydrogens (tertiary/aromatic N) is 15. The van der Waals surface area contributed by atoms with E-state index in [1.54, 1.807) is 0 Å². The summed E-state index contributed by atoms with van der Waals surface area (Å²) in [6.45, 7) is 178. The van der Waals surface area contributed by atoms with Crippen LogP contribution < -0.4 is 0 Å². The molecule has 15 nitrogen and oxygen atoms in total. The summed E-state index contributed by atoms with van der Waals surface area (Å²) in [5.74, 6) is 4.76. The summed E-state index contributed by atoms with van der Waals surface area (Å²) in [5.41, 5.74) is 1.84. The summed E-state index contributed by atoms with van der Waals surface area (Å²) in [6.07, 6.45) is 25.0. The van der Waals surface area contributed by atoms with Gasteiger partial charge in [-0.15, -0.1) is 0 Å². The van der Waals surface area contributed by atoms with E-state index in [4.69, 9.17) is 0 Å². The number of unbranched alkanes of at least 4 members (excludes halogenated alkanes) is 3. The topological polar surface area (TPSA) is 185 Å². The van der Waals surface area contributed by atoms with Crippen molar-refractivity contribution in [3.05, 3.63) is 0 Å². The maximum Gasteiger partial charge on any atom is 0.0595 e. The highest BCUT2D eigenvalue weighted by Crippen LogP contribution is 2.37. The van der Waals surface area contributed by atoms with Gasteiger partial charge in [-0.1, -0.05) is 251 Å². The van der Waals surface area contributed by atoms with Crippen LogP contribution in [0.15, 0.2) is 74.9 Å². The fourth-order valence-electron chi connectivity index (χ4n) is 10.7. The third-order valence-electron chi connectivity index (χ3n) is 26.2. The van der Waals surface area contributed by atoms with Crippen LogP contribution in [0.25, 0.3) is 0 Å². The highest BCUT2D eigenvalue weighted by molar-refractivity contribution is 5.30. The van der Waals surface area contributed by atoms with E-state index in [9.17, 15) is 0 Å². The molecule has 0 aliphatic heterocycles. The summed E-state index contributed by atoms with van der Waals surface area (Å²) in [5, 5.41) is 0. The molecule has 0 amide bonds. The summed E-state index contributed by atoms with van der Waals surface area (Å²) in [6, 6.07) is 0. The molecule has 0 aromatic rings. The Hall–Kier alpha value is -4.95. The van der Waals surface area contributed by atoms with Crippen molar-refractivity contribution in [1.29, 1.82) is 0 Å². The van der Waals surface area contributed by atoms with E-state index in [-0.39, 0.29) is 93.9 Å². The van der Waals surface area contributed by atoms with Crippen LogP contribution in [0.1, 0.15) is 536 Å². The van der Waals surface area contributed by atoms with E-state index in [0.29, 0.717) is 40.9 Å². The zero-order valence-corrected chi connectivity index (χ0v) is 103. The minimum absolute atomic E-state index is 0.00174. The Morgan fingerprint density at radius 3 is 0.649 bits per heavy atom. The number of aliphatic imine (C=N–C) groups is 15. The summed E-state index contributed by atoms with van der Waals surface area (Å²) >= 11 is 0. The van der Waals surface area contributed by atoms with Crippen molar-refractivity contribution in [1.82, 2.24) is 0 Å². The van der Waals surface area contributed by atoms with Crippen LogP contribution in [0.4, 0.5) is 0 Å². The number of hydrogen-bond donors (Lipinski definition) is 0. The van der Waals surface area contributed by atoms with Gasteiger partial charge in [-0.05, 0) is 444 Å². The van der Waals surface area contributed by atoms with E-state index in [1.807, 2.05) is 20.8 Å². The van der Waals surface area contributed by atoms with Gasteiger partial charge in [0.2, 0.25) is 0 Å². The fraction of sp³-hybridized carbons (Fsp3) is 0.874. The summed E-state index contributed by atoms with van der Waals surface area (Å²) in [7, 11) is 0. The highest BCUT2D eigenvalue weighted by Gasteiger charge is 2.35. The molecule has 0 N–H and O–H groups in total. The lowest BCUT2D eigenvalue weighted by Crippen LogP contribution is -2.36. The highest BCUT2D eigenvalue weighted by atomic mass is 14.9. The molecule has 134 heavy (non-hydrogen) atoms. The Morgan fingerprint density at radius 2 is 0.515 bits per heavy atom. The van der Waals surface area contributed by atoms with Crippen molar-refractivity contribution in [2.24, 2.45) is 133 Å². The van der Waals surface area contributed by atoms with Crippen LogP contribution in [0.2, 0.25) is 0 Å². The molecule has 2 unspecified atom stereocenters. The lowest BCUT2D eigenvalue weighted by atomic mass is 9.73. The maximum atomic E-state index is 4.11. The van der Waals surface area contributed by atoms with Gasteiger partial charge in [-0.3, -0.25) is 74.9 Å². The molecular formula is C119H253N15. The molecule has 0 aromatic heterocycles. The van der Waals surface area contributed by atoms with Crippen LogP contribution in [0, 0.1) is 57.7 Å². The molecule has 0 heterocycles. The first-order valence-electron chi connectivity index (χ1n) is 51.8. The van der Waals surface area contributed by atoms with Gasteiger partial charge in [0.15, 0.2) is 0 Å². The van der Waals surface area contributed by atoms with Gasteiger partial charge >= 0.3 is 0 Å². The van der Waals surface area contributed by atoms with Gasteiger partial charge in [0.1, 0.15) is 0 Å². The van der Waals surface area contributed by atoms with Gasteiger partial charge in [0.05, 0.1) is 83.1 Å². The largest absolute Gasteiger partial charge is 0.295 e. The smallest absolute Gasteiger partial charge is 0.0595 e. The van der Waals surface area contributed by atoms with Crippen molar-refractivity contribution < 1.29 is 0 Å². The van der Waals surface area contributed by atoms with Gasteiger partial charge < -0.3 is 0 Å². The van der Waals surface area contributed by atoms with Crippen LogP contribution in [0.5, 0.6) is 0 Å². The molecule has 0 aliphatic carbocycles. The third kappa shape index (κ3) is 112. The molecule has 15 heteroatoms. The Balaban J connectivity index is -0.0000000872. The average molecular weight is 1890 g/mol. The van der Waals surface area contributed by atoms with Crippen molar-refractivity contribution in [3.63, 3.8) is 0 Å². The van der Waals surface area contributed by atoms with Crippen LogP contribution in [-0.2, 0) is 0 Å². The molecule has 2 atom stereocenters. The fourth-order valence-corrected chi connectivity index (χ4v) is 10.7. The maximum absolute atomic E-state index is 4.11. The monoisotopic (exact) mass is 1890 g/mol. The predicted molar refractivity (Wildman–Crippen MR) is 642 cm³/mol. The lowest BCUT2D eigenvalue weighted by Gasteiger charge is -2.37. The van der Waals surface area contributed by atoms with E-state index in [2.05, 4.69) is 556 Å². The normalized spacial score (nSPS) is 12.6. The first-order valence-corrected chi connectivity index (χ1v) is 51.8. The summed E-state index contributed by atoms with van der Waals surface area (Å²) < 4.78 is 0. The van der Waals surface area contributed by atoms with Crippen molar-refractivity contribution in [2.75, 3.05) is 0 Å². The Labute approximate surface area is 847 Å². The standard InChI is InChI=1S/6C9H19N.5C8H17N.2C7H15N.C6H13N.C5H11N/c1-8(2,3)7-9(4,5)10-6;1-8(2)6-7-9(3,4)10-5;1-7-8(2,3)9(4,5)10-6;1-6-7-8(2)9(3,4)10-5;1-6-8(7-2)9(3,4)10-5;1-5-6-7-8-9(2,3)10-4;2*1-7(2)6-8(3,4)9-5;1-7(2,3)8(4,5)9-6;1-6-7(2)8(3,4)9-5;1-5-6-7-8(2,3)9-4;1-6(2)7(3,4)8-5;1-5-6-7(2,3)8-4;1-5-6(2,3)7-4;1-5(2,3)6-4/h6-7H2,1-5H3;8H,5-7H2,1-4H3;6-7H2,1-5H3;2*8H,5-7H2,1-4H3;4-8H2,1-3H3;2*7H,5-6H2,1-4H3;6H2,1-5H3;7H,5-6H2,1-4H3;4-7H2,1-3H3;6H,5H2,1-4H3;4-6H2,1-3H3;4-5H2,1-3H3;4H2,1-3H3. The number of rotatable bonds is 43. The predicted octanol–water partition coefficient (Wildman–Crippen LogP) is 38.0. The van der Waals surface area contributed by atoms with Crippen molar-refractivity contribution >= 4 is 101 Å². The van der Waals surface area contributed by atoms with E-state index in [0.717, 1.165) is 57.3 Å². The number of hydrogen-bond acceptors (Lipinski definition) is 15. The molecular weight excluding hydrogens is 1640 g/mol. The Kier molecular flexibility index (Phi) is 98.0. The third-order valence-corrected chi connectivity index (χ3v) is 26.2. The average Bonchev–Trinajstić information content (AvgIpc) is 0.840. The first-order chi connectivity index (χ1) is 59.6. The molecule has 0 saturated heterocycles.